The molecule has 0 bridgehead atoms. The van der Waals surface area contributed by atoms with Crippen LogP contribution in [0.2, 0.25) is 0 Å². The average molecular weight is 251 g/mol. The molecule has 0 aromatic heterocycles. The molecule has 1 unspecified atom stereocenters. The van der Waals surface area contributed by atoms with Crippen LogP contribution >= 0.6 is 0 Å². The normalized spacial score (nSPS) is 18.1. The van der Waals surface area contributed by atoms with Gasteiger partial charge in [-0.05, 0) is 0 Å². The number of hydrogen-bond donors (Lipinski definition) is 0. The largest absolute Gasteiger partial charge is 0.459 e. The molecule has 0 saturated carbocycles. The van der Waals surface area contributed by atoms with E-state index in [9.17, 15) is 0 Å². The molecule has 0 fully saturated rings. The van der Waals surface area contributed by atoms with Crippen molar-refractivity contribution in [1.29, 1.82) is 0 Å². The molecule has 1 atom stereocenters. The molecular formula is C12H17N3O3. The number of hydroxylamine groups is 2. The molecule has 0 aromatic rings. The van der Waals surface area contributed by atoms with E-state index in [1.807, 2.05) is 0 Å². The zero-order valence-electron chi connectivity index (χ0n) is 10.2. The molecule has 0 N–H and O–H groups in total. The van der Waals surface area contributed by atoms with E-state index < -0.39 is 6.35 Å². The molecule has 18 heavy (non-hydrogen) atoms. The highest BCUT2D eigenvalue weighted by Crippen LogP contribution is 2.11. The van der Waals surface area contributed by atoms with E-state index in [0.717, 1.165) is 0 Å². The van der Waals surface area contributed by atoms with Gasteiger partial charge in [0.25, 0.3) is 6.35 Å². The zero-order chi connectivity index (χ0) is 13.2. The molecule has 0 spiro atoms. The Bertz CT molecular complexity index is 352. The summed E-state index contributed by atoms with van der Waals surface area (Å²) in [5.41, 5.74) is 0. The Morgan fingerprint density at radius 3 is 2.56 bits per heavy atom. The van der Waals surface area contributed by atoms with Crippen LogP contribution in [0.1, 0.15) is 0 Å². The van der Waals surface area contributed by atoms with Crippen molar-refractivity contribution in [3.8, 4) is 0 Å². The minimum atomic E-state index is -0.653. The van der Waals surface area contributed by atoms with Crippen LogP contribution in [-0.2, 0) is 14.3 Å². The van der Waals surface area contributed by atoms with Crippen molar-refractivity contribution in [2.24, 2.45) is 9.98 Å². The van der Waals surface area contributed by atoms with E-state index >= 15 is 0 Å². The first-order valence-electron chi connectivity index (χ1n) is 5.42. The lowest BCUT2D eigenvalue weighted by atomic mass is 10.6. The summed E-state index contributed by atoms with van der Waals surface area (Å²) in [4.78, 5) is 13.4. The summed E-state index contributed by atoms with van der Waals surface area (Å²) in [5, 5.41) is 1.34. The van der Waals surface area contributed by atoms with Crippen molar-refractivity contribution >= 4 is 12.4 Å². The molecular weight excluding hydrogens is 234 g/mol. The molecule has 1 heterocycles. The predicted molar refractivity (Wildman–Crippen MR) is 70.0 cm³/mol. The third-order valence-electron chi connectivity index (χ3n) is 1.78. The highest BCUT2D eigenvalue weighted by molar-refractivity contribution is 5.83. The van der Waals surface area contributed by atoms with Crippen LogP contribution in [0.15, 0.2) is 47.9 Å². The Labute approximate surface area is 107 Å². The van der Waals surface area contributed by atoms with Crippen molar-refractivity contribution in [1.82, 2.24) is 5.06 Å². The minimum absolute atomic E-state index is 0.265. The zero-order valence-corrected chi connectivity index (χ0v) is 10.2. The van der Waals surface area contributed by atoms with Crippen LogP contribution in [-0.4, -0.2) is 43.6 Å². The fraction of sp³-hybridized carbons (Fsp3) is 0.333. The van der Waals surface area contributed by atoms with Crippen molar-refractivity contribution < 1.29 is 14.3 Å². The maximum Gasteiger partial charge on any atom is 0.322 e. The first kappa shape index (κ1) is 14.1. The van der Waals surface area contributed by atoms with Crippen LogP contribution in [0, 0.1) is 0 Å². The van der Waals surface area contributed by atoms with Gasteiger partial charge in [0.05, 0.1) is 13.2 Å². The maximum atomic E-state index is 5.42. The summed E-state index contributed by atoms with van der Waals surface area (Å²) in [6, 6.07) is 0.265. The number of hydrogen-bond acceptors (Lipinski definition) is 6. The van der Waals surface area contributed by atoms with Crippen molar-refractivity contribution in [2.75, 3.05) is 19.8 Å². The standard InChI is InChI=1S/C12H17N3O3/c1-4-7-16-11-13-10-14-12(17-8-5-2)15(11)18-9-6-3/h4-6,10-11H,1-3,7-9H2. The van der Waals surface area contributed by atoms with Gasteiger partial charge in [-0.15, -0.1) is 13.2 Å². The van der Waals surface area contributed by atoms with E-state index in [0.29, 0.717) is 19.8 Å². The predicted octanol–water partition coefficient (Wildman–Crippen LogP) is 1.49. The van der Waals surface area contributed by atoms with Gasteiger partial charge in [0, 0.05) is 0 Å². The lowest BCUT2D eigenvalue weighted by Crippen LogP contribution is -2.44. The Balaban J connectivity index is 2.69. The van der Waals surface area contributed by atoms with Gasteiger partial charge in [-0.2, -0.15) is 10.1 Å². The lowest BCUT2D eigenvalue weighted by molar-refractivity contribution is -0.203. The topological polar surface area (TPSA) is 55.7 Å². The molecule has 1 aliphatic heterocycles. The van der Waals surface area contributed by atoms with Crippen molar-refractivity contribution in [2.45, 2.75) is 6.35 Å². The fourth-order valence-electron chi connectivity index (χ4n) is 1.10. The van der Waals surface area contributed by atoms with Gasteiger partial charge in [-0.1, -0.05) is 24.8 Å². The van der Waals surface area contributed by atoms with E-state index in [-0.39, 0.29) is 6.02 Å². The van der Waals surface area contributed by atoms with Gasteiger partial charge in [-0.3, -0.25) is 4.84 Å². The van der Waals surface area contributed by atoms with E-state index in [4.69, 9.17) is 14.3 Å². The minimum Gasteiger partial charge on any atom is -0.459 e. The summed E-state index contributed by atoms with van der Waals surface area (Å²) < 4.78 is 10.8. The average Bonchev–Trinajstić information content (AvgIpc) is 2.41. The molecule has 0 saturated heterocycles. The van der Waals surface area contributed by atoms with Gasteiger partial charge in [0.15, 0.2) is 0 Å². The van der Waals surface area contributed by atoms with E-state index in [2.05, 4.69) is 29.7 Å². The molecule has 0 amide bonds. The first-order valence-corrected chi connectivity index (χ1v) is 5.42. The lowest BCUT2D eigenvalue weighted by Gasteiger charge is -2.30. The Morgan fingerprint density at radius 1 is 1.17 bits per heavy atom. The SMILES string of the molecule is C=CCOC1=NC=NC(OCC=C)N1OCC=C. The molecule has 1 aliphatic rings. The van der Waals surface area contributed by atoms with Gasteiger partial charge >= 0.3 is 6.02 Å². The van der Waals surface area contributed by atoms with Crippen molar-refractivity contribution in [3.63, 3.8) is 0 Å². The fourth-order valence-corrected chi connectivity index (χ4v) is 1.10. The van der Waals surface area contributed by atoms with Crippen LogP contribution in [0.4, 0.5) is 0 Å². The molecule has 1 rings (SSSR count). The summed E-state index contributed by atoms with van der Waals surface area (Å²) in [5.74, 6) is 0. The van der Waals surface area contributed by atoms with Crippen LogP contribution in [0.25, 0.3) is 0 Å². The summed E-state index contributed by atoms with van der Waals surface area (Å²) >= 11 is 0. The third kappa shape index (κ3) is 4.15. The maximum absolute atomic E-state index is 5.42. The molecule has 0 aliphatic carbocycles. The monoisotopic (exact) mass is 251 g/mol. The summed E-state index contributed by atoms with van der Waals surface area (Å²) in [6.45, 7) is 11.7. The van der Waals surface area contributed by atoms with Gasteiger partial charge in [0.1, 0.15) is 12.9 Å². The molecule has 98 valence electrons. The number of nitrogens with zero attached hydrogens (tertiary/aromatic N) is 3. The summed E-state index contributed by atoms with van der Waals surface area (Å²) in [6.07, 6.45) is 5.55. The van der Waals surface area contributed by atoms with Gasteiger partial charge < -0.3 is 9.47 Å². The van der Waals surface area contributed by atoms with Crippen LogP contribution in [0.3, 0.4) is 0 Å². The Kier molecular flexibility index (Phi) is 6.45. The smallest absolute Gasteiger partial charge is 0.322 e. The third-order valence-corrected chi connectivity index (χ3v) is 1.78. The second-order valence-electron chi connectivity index (χ2n) is 3.13. The first-order chi connectivity index (χ1) is 8.83. The summed E-state index contributed by atoms with van der Waals surface area (Å²) in [7, 11) is 0. The number of aliphatic imine (C=N–C) groups is 2. The second kappa shape index (κ2) is 8.21. The molecule has 0 radical (unpaired) electrons. The van der Waals surface area contributed by atoms with E-state index in [1.54, 1.807) is 18.2 Å². The van der Waals surface area contributed by atoms with Crippen molar-refractivity contribution in [3.05, 3.63) is 38.0 Å². The Hall–Kier alpha value is -1.92. The highest BCUT2D eigenvalue weighted by atomic mass is 16.7. The molecule has 0 aromatic carbocycles. The Morgan fingerprint density at radius 2 is 1.89 bits per heavy atom. The molecule has 6 nitrogen and oxygen atoms in total. The van der Waals surface area contributed by atoms with Crippen LogP contribution < -0.4 is 0 Å². The second-order valence-corrected chi connectivity index (χ2v) is 3.13. The number of rotatable bonds is 8. The quantitative estimate of drug-likeness (QED) is 0.613. The van der Waals surface area contributed by atoms with E-state index in [1.165, 1.54) is 11.4 Å². The number of amidine groups is 1. The van der Waals surface area contributed by atoms with Gasteiger partial charge in [0.2, 0.25) is 0 Å². The molecule has 6 heteroatoms. The van der Waals surface area contributed by atoms with Gasteiger partial charge in [-0.25, -0.2) is 4.99 Å². The van der Waals surface area contributed by atoms with Crippen LogP contribution in [0.5, 0.6) is 0 Å². The highest BCUT2D eigenvalue weighted by Gasteiger charge is 2.26. The number of ether oxygens (including phenoxy) is 2.